The molecule has 0 aromatic carbocycles. The second-order valence-corrected chi connectivity index (χ2v) is 7.09. The molecule has 118 valence electrons. The highest BCUT2D eigenvalue weighted by Gasteiger charge is 2.34. The number of nitrogens with zero attached hydrogens (tertiary/aromatic N) is 3. The highest BCUT2D eigenvalue weighted by molar-refractivity contribution is 7.89. The topological polar surface area (TPSA) is 81.5 Å². The number of sulfonamides is 1. The first-order chi connectivity index (χ1) is 9.86. The van der Waals surface area contributed by atoms with E-state index in [1.165, 1.54) is 15.2 Å². The molecule has 1 saturated heterocycles. The predicted octanol–water partition coefficient (Wildman–Crippen LogP) is 0.692. The van der Waals surface area contributed by atoms with Crippen molar-refractivity contribution in [2.24, 2.45) is 13.0 Å². The van der Waals surface area contributed by atoms with Crippen LogP contribution >= 0.6 is 0 Å². The van der Waals surface area contributed by atoms with E-state index in [2.05, 4.69) is 5.10 Å². The van der Waals surface area contributed by atoms with E-state index in [1.54, 1.807) is 20.9 Å². The molecule has 0 N–H and O–H groups in total. The zero-order valence-corrected chi connectivity index (χ0v) is 13.4. The normalized spacial score (nSPS) is 17.9. The zero-order valence-electron chi connectivity index (χ0n) is 12.6. The monoisotopic (exact) mass is 315 g/mol. The van der Waals surface area contributed by atoms with Crippen LogP contribution in [0.3, 0.4) is 0 Å². The first-order valence-electron chi connectivity index (χ1n) is 7.03. The maximum atomic E-state index is 12.6. The van der Waals surface area contributed by atoms with Gasteiger partial charge in [0.15, 0.2) is 0 Å². The molecule has 1 aliphatic heterocycles. The molecule has 2 rings (SSSR count). The van der Waals surface area contributed by atoms with Crippen LogP contribution in [0.25, 0.3) is 0 Å². The number of aryl methyl sites for hydroxylation is 2. The number of hydrogen-bond acceptors (Lipinski definition) is 5. The molecule has 0 bridgehead atoms. The maximum Gasteiger partial charge on any atom is 0.309 e. The number of piperidine rings is 1. The van der Waals surface area contributed by atoms with Gasteiger partial charge in [-0.15, -0.1) is 0 Å². The van der Waals surface area contributed by atoms with Crippen molar-refractivity contribution in [3.63, 3.8) is 0 Å². The molecular weight excluding hydrogens is 294 g/mol. The summed E-state index contributed by atoms with van der Waals surface area (Å²) in [4.78, 5) is 11.9. The van der Waals surface area contributed by atoms with Gasteiger partial charge in [-0.2, -0.15) is 9.40 Å². The van der Waals surface area contributed by atoms with Crippen LogP contribution < -0.4 is 0 Å². The SMILES string of the molecule is CCOC(=O)C1CCN(S(=O)(=O)c2cn(C)nc2C)CC1. The minimum absolute atomic E-state index is 0.202. The van der Waals surface area contributed by atoms with Gasteiger partial charge >= 0.3 is 5.97 Å². The average Bonchev–Trinajstić information content (AvgIpc) is 2.79. The lowest BCUT2D eigenvalue weighted by atomic mass is 9.98. The minimum atomic E-state index is -3.54. The van der Waals surface area contributed by atoms with E-state index in [9.17, 15) is 13.2 Å². The highest BCUT2D eigenvalue weighted by Crippen LogP contribution is 2.25. The molecule has 0 radical (unpaired) electrons. The van der Waals surface area contributed by atoms with E-state index in [-0.39, 0.29) is 16.8 Å². The van der Waals surface area contributed by atoms with Gasteiger partial charge < -0.3 is 4.74 Å². The molecule has 0 amide bonds. The Morgan fingerprint density at radius 3 is 2.52 bits per heavy atom. The average molecular weight is 315 g/mol. The summed E-state index contributed by atoms with van der Waals surface area (Å²) in [6, 6.07) is 0. The fourth-order valence-corrected chi connectivity index (χ4v) is 4.23. The molecule has 21 heavy (non-hydrogen) atoms. The molecule has 0 atom stereocenters. The third-order valence-electron chi connectivity index (χ3n) is 3.66. The van der Waals surface area contributed by atoms with Crippen LogP contribution in [-0.2, 0) is 26.6 Å². The van der Waals surface area contributed by atoms with Gasteiger partial charge in [0.25, 0.3) is 0 Å². The van der Waals surface area contributed by atoms with E-state index in [4.69, 9.17) is 4.74 Å². The molecule has 1 aliphatic rings. The molecule has 1 fully saturated rings. The largest absolute Gasteiger partial charge is 0.466 e. The molecule has 0 unspecified atom stereocenters. The van der Waals surface area contributed by atoms with Gasteiger partial charge in [-0.05, 0) is 26.7 Å². The van der Waals surface area contributed by atoms with Crippen molar-refractivity contribution in [1.29, 1.82) is 0 Å². The molecule has 1 aromatic heterocycles. The van der Waals surface area contributed by atoms with Crippen LogP contribution in [0.5, 0.6) is 0 Å². The first-order valence-corrected chi connectivity index (χ1v) is 8.47. The molecule has 7 nitrogen and oxygen atoms in total. The minimum Gasteiger partial charge on any atom is -0.466 e. The molecule has 0 spiro atoms. The number of carbonyl (C=O) groups is 1. The Labute approximate surface area is 124 Å². The van der Waals surface area contributed by atoms with E-state index >= 15 is 0 Å². The Kier molecular flexibility index (Phi) is 4.67. The third-order valence-corrected chi connectivity index (χ3v) is 5.66. The summed E-state index contributed by atoms with van der Waals surface area (Å²) >= 11 is 0. The fourth-order valence-electron chi connectivity index (χ4n) is 2.56. The lowest BCUT2D eigenvalue weighted by molar-refractivity contribution is -0.149. The fraction of sp³-hybridized carbons (Fsp3) is 0.692. The van der Waals surface area contributed by atoms with E-state index < -0.39 is 10.0 Å². The second-order valence-electron chi connectivity index (χ2n) is 5.18. The lowest BCUT2D eigenvalue weighted by Gasteiger charge is -2.29. The number of hydrogen-bond donors (Lipinski definition) is 0. The Bertz CT molecular complexity index is 615. The van der Waals surface area contributed by atoms with Gasteiger partial charge in [0.1, 0.15) is 4.90 Å². The smallest absolute Gasteiger partial charge is 0.309 e. The van der Waals surface area contributed by atoms with Crippen LogP contribution in [0.4, 0.5) is 0 Å². The van der Waals surface area contributed by atoms with Crippen molar-refractivity contribution in [2.75, 3.05) is 19.7 Å². The molecular formula is C13H21N3O4S. The summed E-state index contributed by atoms with van der Waals surface area (Å²) in [6.07, 6.45) is 2.51. The van der Waals surface area contributed by atoms with Gasteiger partial charge in [0.05, 0.1) is 18.2 Å². The number of carbonyl (C=O) groups excluding carboxylic acids is 1. The summed E-state index contributed by atoms with van der Waals surface area (Å²) in [6.45, 7) is 4.47. The summed E-state index contributed by atoms with van der Waals surface area (Å²) in [5.41, 5.74) is 0.491. The van der Waals surface area contributed by atoms with Crippen LogP contribution in [0.2, 0.25) is 0 Å². The Morgan fingerprint density at radius 1 is 1.43 bits per heavy atom. The van der Waals surface area contributed by atoms with Crippen molar-refractivity contribution in [2.45, 2.75) is 31.6 Å². The summed E-state index contributed by atoms with van der Waals surface area (Å²) in [7, 11) is -1.84. The van der Waals surface area contributed by atoms with Gasteiger partial charge in [0.2, 0.25) is 10.0 Å². The van der Waals surface area contributed by atoms with Crippen molar-refractivity contribution < 1.29 is 17.9 Å². The summed E-state index contributed by atoms with van der Waals surface area (Å²) in [5, 5.41) is 4.08. The summed E-state index contributed by atoms with van der Waals surface area (Å²) in [5.74, 6) is -0.432. The Morgan fingerprint density at radius 2 is 2.05 bits per heavy atom. The number of esters is 1. The number of aromatic nitrogens is 2. The Hall–Kier alpha value is -1.41. The lowest BCUT2D eigenvalue weighted by Crippen LogP contribution is -2.40. The second kappa shape index (κ2) is 6.15. The highest BCUT2D eigenvalue weighted by atomic mass is 32.2. The summed E-state index contributed by atoms with van der Waals surface area (Å²) < 4.78 is 33.1. The van der Waals surface area contributed by atoms with Gasteiger partial charge in [-0.1, -0.05) is 0 Å². The van der Waals surface area contributed by atoms with E-state index in [0.717, 1.165) is 0 Å². The van der Waals surface area contributed by atoms with Gasteiger partial charge in [-0.25, -0.2) is 8.42 Å². The zero-order chi connectivity index (χ0) is 15.6. The maximum absolute atomic E-state index is 12.6. The van der Waals surface area contributed by atoms with Crippen LogP contribution in [0.1, 0.15) is 25.5 Å². The van der Waals surface area contributed by atoms with Crippen molar-refractivity contribution in [3.05, 3.63) is 11.9 Å². The van der Waals surface area contributed by atoms with Crippen LogP contribution in [-0.4, -0.2) is 48.2 Å². The van der Waals surface area contributed by atoms with Crippen molar-refractivity contribution in [1.82, 2.24) is 14.1 Å². The van der Waals surface area contributed by atoms with Gasteiger partial charge in [0, 0.05) is 26.3 Å². The third kappa shape index (κ3) is 3.26. The molecule has 8 heteroatoms. The standard InChI is InChI=1S/C13H21N3O4S/c1-4-20-13(17)11-5-7-16(8-6-11)21(18,19)12-9-15(3)14-10(12)2/h9,11H,4-8H2,1-3H3. The van der Waals surface area contributed by atoms with Gasteiger partial charge in [-0.3, -0.25) is 9.48 Å². The molecule has 0 aliphatic carbocycles. The van der Waals surface area contributed by atoms with Crippen molar-refractivity contribution in [3.8, 4) is 0 Å². The predicted molar refractivity (Wildman–Crippen MR) is 76.1 cm³/mol. The van der Waals surface area contributed by atoms with Crippen molar-refractivity contribution >= 4 is 16.0 Å². The molecule has 2 heterocycles. The number of ether oxygens (including phenoxy) is 1. The number of rotatable bonds is 4. The van der Waals surface area contributed by atoms with E-state index in [1.807, 2.05) is 0 Å². The van der Waals surface area contributed by atoms with Crippen LogP contribution in [0, 0.1) is 12.8 Å². The molecule has 1 aromatic rings. The van der Waals surface area contributed by atoms with E-state index in [0.29, 0.717) is 38.2 Å². The molecule has 0 saturated carbocycles. The first kappa shape index (κ1) is 16.0. The van der Waals surface area contributed by atoms with Crippen LogP contribution in [0.15, 0.2) is 11.1 Å². The quantitative estimate of drug-likeness (QED) is 0.764. The Balaban J connectivity index is 2.08.